The maximum Gasteiger partial charge on any atom is 0.328 e. The fraction of sp³-hybridized carbons (Fsp3) is 0.500. The molecule has 0 aliphatic carbocycles. The van der Waals surface area contributed by atoms with E-state index in [1.807, 2.05) is 30.3 Å². The molecule has 0 saturated carbocycles. The largest absolute Gasteiger partial charge is 0.467 e. The summed E-state index contributed by atoms with van der Waals surface area (Å²) in [5.41, 5.74) is 0.250. The summed E-state index contributed by atoms with van der Waals surface area (Å²) >= 11 is 0. The summed E-state index contributed by atoms with van der Waals surface area (Å²) in [7, 11) is 1.24. The van der Waals surface area contributed by atoms with Crippen molar-refractivity contribution in [1.29, 1.82) is 0 Å². The van der Waals surface area contributed by atoms with E-state index in [9.17, 15) is 14.4 Å². The molecule has 0 saturated heterocycles. The van der Waals surface area contributed by atoms with Crippen molar-refractivity contribution in [3.63, 3.8) is 0 Å². The second kappa shape index (κ2) is 9.05. The summed E-state index contributed by atoms with van der Waals surface area (Å²) in [5, 5.41) is 2.61. The van der Waals surface area contributed by atoms with Gasteiger partial charge in [-0.25, -0.2) is 4.79 Å². The Kier molecular flexibility index (Phi) is 7.42. The van der Waals surface area contributed by atoms with Gasteiger partial charge in [-0.05, 0) is 32.8 Å². The minimum Gasteiger partial charge on any atom is -0.467 e. The molecule has 0 spiro atoms. The Morgan fingerprint density at radius 2 is 1.75 bits per heavy atom. The zero-order valence-corrected chi connectivity index (χ0v) is 14.6. The number of ether oxygens (including phenoxy) is 2. The Morgan fingerprint density at radius 1 is 1.12 bits per heavy atom. The lowest BCUT2D eigenvalue weighted by molar-refractivity contribution is -0.155. The SMILES string of the molecule is COC(=O)[C@@H](CCC(=O)OC(C)(C)C)NC(=O)Cc1ccccc1. The third kappa shape index (κ3) is 7.76. The molecule has 24 heavy (non-hydrogen) atoms. The van der Waals surface area contributed by atoms with Gasteiger partial charge in [-0.15, -0.1) is 0 Å². The Balaban J connectivity index is 2.57. The highest BCUT2D eigenvalue weighted by Gasteiger charge is 2.24. The molecule has 0 radical (unpaired) electrons. The van der Waals surface area contributed by atoms with Gasteiger partial charge in [-0.2, -0.15) is 0 Å². The quantitative estimate of drug-likeness (QED) is 0.771. The van der Waals surface area contributed by atoms with Crippen LogP contribution >= 0.6 is 0 Å². The molecule has 1 rings (SSSR count). The minimum absolute atomic E-state index is 0.0165. The van der Waals surface area contributed by atoms with Gasteiger partial charge in [0.25, 0.3) is 0 Å². The summed E-state index contributed by atoms with van der Waals surface area (Å²) in [6, 6.07) is 8.31. The van der Waals surface area contributed by atoms with Gasteiger partial charge < -0.3 is 14.8 Å². The number of hydrogen-bond donors (Lipinski definition) is 1. The van der Waals surface area contributed by atoms with E-state index in [1.165, 1.54) is 7.11 Å². The number of nitrogens with one attached hydrogen (secondary N) is 1. The van der Waals surface area contributed by atoms with Crippen molar-refractivity contribution < 1.29 is 23.9 Å². The molecule has 1 N–H and O–H groups in total. The van der Waals surface area contributed by atoms with Crippen LogP contribution in [-0.2, 0) is 30.3 Å². The van der Waals surface area contributed by atoms with Crippen molar-refractivity contribution in [3.8, 4) is 0 Å². The number of esters is 2. The second-order valence-electron chi connectivity index (χ2n) is 6.43. The van der Waals surface area contributed by atoms with Gasteiger partial charge in [0.15, 0.2) is 0 Å². The van der Waals surface area contributed by atoms with Crippen LogP contribution in [0, 0.1) is 0 Å². The first-order valence-corrected chi connectivity index (χ1v) is 7.84. The highest BCUT2D eigenvalue weighted by molar-refractivity contribution is 5.86. The lowest BCUT2D eigenvalue weighted by Gasteiger charge is -2.21. The van der Waals surface area contributed by atoms with Crippen molar-refractivity contribution in [2.24, 2.45) is 0 Å². The molecule has 0 fully saturated rings. The second-order valence-corrected chi connectivity index (χ2v) is 6.43. The van der Waals surface area contributed by atoms with Crippen LogP contribution in [0.15, 0.2) is 30.3 Å². The molecule has 1 aromatic carbocycles. The first-order valence-electron chi connectivity index (χ1n) is 7.84. The zero-order valence-electron chi connectivity index (χ0n) is 14.6. The van der Waals surface area contributed by atoms with Gasteiger partial charge in [0, 0.05) is 6.42 Å². The summed E-state index contributed by atoms with van der Waals surface area (Å²) in [6.45, 7) is 5.30. The molecule has 1 aromatic rings. The van der Waals surface area contributed by atoms with Crippen molar-refractivity contribution in [2.45, 2.75) is 51.7 Å². The molecular formula is C18H25NO5. The third-order valence-corrected chi connectivity index (χ3v) is 3.09. The zero-order chi connectivity index (χ0) is 18.2. The maximum absolute atomic E-state index is 12.1. The maximum atomic E-state index is 12.1. The van der Waals surface area contributed by atoms with E-state index in [0.717, 1.165) is 5.56 Å². The minimum atomic E-state index is -0.876. The predicted molar refractivity (Wildman–Crippen MR) is 89.2 cm³/mol. The average Bonchev–Trinajstić information content (AvgIpc) is 2.49. The smallest absolute Gasteiger partial charge is 0.328 e. The van der Waals surface area contributed by atoms with E-state index >= 15 is 0 Å². The van der Waals surface area contributed by atoms with Crippen LogP contribution in [0.3, 0.4) is 0 Å². The normalized spacial score (nSPS) is 12.2. The van der Waals surface area contributed by atoms with Gasteiger partial charge >= 0.3 is 11.9 Å². The lowest BCUT2D eigenvalue weighted by Crippen LogP contribution is -2.42. The predicted octanol–water partition coefficient (Wildman–Crippen LogP) is 2.01. The molecule has 132 valence electrons. The fourth-order valence-corrected chi connectivity index (χ4v) is 2.07. The van der Waals surface area contributed by atoms with Crippen molar-refractivity contribution >= 4 is 17.8 Å². The number of amides is 1. The third-order valence-electron chi connectivity index (χ3n) is 3.09. The molecular weight excluding hydrogens is 310 g/mol. The molecule has 0 aliphatic rings. The molecule has 1 amide bonds. The Hall–Kier alpha value is -2.37. The number of hydrogen-bond acceptors (Lipinski definition) is 5. The molecule has 0 aliphatic heterocycles. The van der Waals surface area contributed by atoms with Crippen LogP contribution in [0.4, 0.5) is 0 Å². The summed E-state index contributed by atoms with van der Waals surface area (Å²) in [5.74, 6) is -1.31. The van der Waals surface area contributed by atoms with Crippen LogP contribution in [0.1, 0.15) is 39.2 Å². The van der Waals surface area contributed by atoms with Gasteiger partial charge in [0.2, 0.25) is 5.91 Å². The fourth-order valence-electron chi connectivity index (χ4n) is 2.07. The average molecular weight is 335 g/mol. The van der Waals surface area contributed by atoms with E-state index < -0.39 is 23.6 Å². The van der Waals surface area contributed by atoms with Gasteiger partial charge in [-0.1, -0.05) is 30.3 Å². The first-order chi connectivity index (χ1) is 11.2. The van der Waals surface area contributed by atoms with Crippen molar-refractivity contribution in [3.05, 3.63) is 35.9 Å². The highest BCUT2D eigenvalue weighted by Crippen LogP contribution is 2.11. The topological polar surface area (TPSA) is 81.7 Å². The standard InChI is InChI=1S/C18H25NO5/c1-18(2,3)24-16(21)11-10-14(17(22)23-4)19-15(20)12-13-8-6-5-7-9-13/h5-9,14H,10-12H2,1-4H3,(H,19,20)/t14-/m1/s1. The van der Waals surface area contributed by atoms with E-state index in [-0.39, 0.29) is 25.2 Å². The van der Waals surface area contributed by atoms with Crippen molar-refractivity contribution in [1.82, 2.24) is 5.32 Å². The molecule has 0 aromatic heterocycles. The van der Waals surface area contributed by atoms with E-state index in [4.69, 9.17) is 9.47 Å². The Labute approximate surface area is 142 Å². The highest BCUT2D eigenvalue weighted by atomic mass is 16.6. The Bertz CT molecular complexity index is 563. The summed E-state index contributed by atoms with van der Waals surface area (Å²) in [4.78, 5) is 35.7. The monoisotopic (exact) mass is 335 g/mol. The van der Waals surface area contributed by atoms with Crippen LogP contribution in [0.5, 0.6) is 0 Å². The van der Waals surface area contributed by atoms with E-state index in [1.54, 1.807) is 20.8 Å². The Morgan fingerprint density at radius 3 is 2.29 bits per heavy atom. The van der Waals surface area contributed by atoms with Crippen LogP contribution in [-0.4, -0.2) is 36.6 Å². The van der Waals surface area contributed by atoms with Crippen LogP contribution < -0.4 is 5.32 Å². The lowest BCUT2D eigenvalue weighted by atomic mass is 10.1. The van der Waals surface area contributed by atoms with Crippen molar-refractivity contribution in [2.75, 3.05) is 7.11 Å². The van der Waals surface area contributed by atoms with Crippen LogP contribution in [0.25, 0.3) is 0 Å². The van der Waals surface area contributed by atoms with Gasteiger partial charge in [0.1, 0.15) is 11.6 Å². The molecule has 6 nitrogen and oxygen atoms in total. The summed E-state index contributed by atoms with van der Waals surface area (Å²) < 4.78 is 9.89. The van der Waals surface area contributed by atoms with E-state index in [2.05, 4.69) is 5.32 Å². The molecule has 0 bridgehead atoms. The number of carbonyl (C=O) groups is 3. The van der Waals surface area contributed by atoms with Gasteiger partial charge in [-0.3, -0.25) is 9.59 Å². The molecule has 6 heteroatoms. The number of benzene rings is 1. The molecule has 0 heterocycles. The van der Waals surface area contributed by atoms with Gasteiger partial charge in [0.05, 0.1) is 13.5 Å². The number of rotatable bonds is 7. The van der Waals surface area contributed by atoms with E-state index in [0.29, 0.717) is 0 Å². The molecule has 0 unspecified atom stereocenters. The van der Waals surface area contributed by atoms with Crippen LogP contribution in [0.2, 0.25) is 0 Å². The number of methoxy groups -OCH3 is 1. The molecule has 1 atom stereocenters. The summed E-state index contributed by atoms with van der Waals surface area (Å²) in [6.07, 6.45) is 0.297. The number of carbonyl (C=O) groups excluding carboxylic acids is 3. The first kappa shape index (κ1) is 19.7.